The van der Waals surface area contributed by atoms with E-state index in [1.54, 1.807) is 0 Å². The van der Waals surface area contributed by atoms with Gasteiger partial charge in [-0.05, 0) is 38.3 Å². The van der Waals surface area contributed by atoms with Crippen molar-refractivity contribution in [3.05, 3.63) is 17.8 Å². The van der Waals surface area contributed by atoms with Gasteiger partial charge in [-0.2, -0.15) is 5.10 Å². The number of carbonyl (C=O) groups excluding carboxylic acids is 1. The van der Waals surface area contributed by atoms with Gasteiger partial charge in [0, 0.05) is 32.1 Å². The summed E-state index contributed by atoms with van der Waals surface area (Å²) in [6.45, 7) is 3.85. The number of aromatic nitrogens is 2. The highest BCUT2D eigenvalue weighted by Crippen LogP contribution is 2.38. The van der Waals surface area contributed by atoms with Crippen molar-refractivity contribution in [2.75, 3.05) is 25.0 Å². The van der Waals surface area contributed by atoms with Gasteiger partial charge >= 0.3 is 0 Å². The SMILES string of the molecule is Cc1ccc(N2CCC3(CCC(=O)N3C)CC2)nn1. The van der Waals surface area contributed by atoms with Crippen molar-refractivity contribution in [1.82, 2.24) is 15.1 Å². The van der Waals surface area contributed by atoms with Crippen LogP contribution >= 0.6 is 0 Å². The van der Waals surface area contributed by atoms with Crippen LogP contribution in [0.25, 0.3) is 0 Å². The molecule has 2 aliphatic rings. The van der Waals surface area contributed by atoms with Crippen LogP contribution in [0.5, 0.6) is 0 Å². The minimum Gasteiger partial charge on any atom is -0.355 e. The molecule has 0 aromatic carbocycles. The number of aryl methyl sites for hydroxylation is 1. The molecule has 3 rings (SSSR count). The van der Waals surface area contributed by atoms with Crippen molar-refractivity contribution in [2.24, 2.45) is 0 Å². The summed E-state index contributed by atoms with van der Waals surface area (Å²) in [5.41, 5.74) is 1.05. The largest absolute Gasteiger partial charge is 0.355 e. The van der Waals surface area contributed by atoms with Crippen LogP contribution in [0.3, 0.4) is 0 Å². The molecule has 1 aromatic heterocycles. The summed E-state index contributed by atoms with van der Waals surface area (Å²) < 4.78 is 0. The first-order chi connectivity index (χ1) is 9.11. The van der Waals surface area contributed by atoms with E-state index in [9.17, 15) is 4.79 Å². The van der Waals surface area contributed by atoms with Crippen LogP contribution in [0.15, 0.2) is 12.1 Å². The Morgan fingerprint density at radius 2 is 1.89 bits per heavy atom. The maximum atomic E-state index is 11.7. The fraction of sp³-hybridized carbons (Fsp3) is 0.643. The van der Waals surface area contributed by atoms with Crippen LogP contribution < -0.4 is 4.90 Å². The van der Waals surface area contributed by atoms with E-state index in [1.807, 2.05) is 31.0 Å². The first kappa shape index (κ1) is 12.4. The predicted molar refractivity (Wildman–Crippen MR) is 73.0 cm³/mol. The smallest absolute Gasteiger partial charge is 0.222 e. The fourth-order valence-corrected chi connectivity index (χ4v) is 3.24. The number of likely N-dealkylation sites (tertiary alicyclic amines) is 1. The van der Waals surface area contributed by atoms with Crippen LogP contribution in [-0.2, 0) is 4.79 Å². The molecule has 1 spiro atoms. The lowest BCUT2D eigenvalue weighted by Gasteiger charge is -2.43. The summed E-state index contributed by atoms with van der Waals surface area (Å²) in [6, 6.07) is 4.03. The molecule has 19 heavy (non-hydrogen) atoms. The Hall–Kier alpha value is -1.65. The first-order valence-electron chi connectivity index (χ1n) is 6.93. The number of nitrogens with zero attached hydrogens (tertiary/aromatic N) is 4. The number of hydrogen-bond donors (Lipinski definition) is 0. The second-order valence-corrected chi connectivity index (χ2v) is 5.70. The zero-order valence-electron chi connectivity index (χ0n) is 11.6. The van der Waals surface area contributed by atoms with E-state index in [4.69, 9.17) is 0 Å². The third-order valence-electron chi connectivity index (χ3n) is 4.69. The van der Waals surface area contributed by atoms with Crippen LogP contribution in [0.1, 0.15) is 31.4 Å². The lowest BCUT2D eigenvalue weighted by atomic mass is 9.85. The van der Waals surface area contributed by atoms with Crippen molar-refractivity contribution in [3.8, 4) is 0 Å². The second-order valence-electron chi connectivity index (χ2n) is 5.70. The van der Waals surface area contributed by atoms with E-state index in [1.165, 1.54) is 0 Å². The lowest BCUT2D eigenvalue weighted by Crippen LogP contribution is -2.51. The average molecular weight is 260 g/mol. The Bertz CT molecular complexity index is 477. The highest BCUT2D eigenvalue weighted by atomic mass is 16.2. The van der Waals surface area contributed by atoms with E-state index in [0.717, 1.165) is 43.9 Å². The summed E-state index contributed by atoms with van der Waals surface area (Å²) in [5.74, 6) is 1.25. The van der Waals surface area contributed by atoms with Gasteiger partial charge in [0.1, 0.15) is 0 Å². The topological polar surface area (TPSA) is 49.3 Å². The van der Waals surface area contributed by atoms with E-state index >= 15 is 0 Å². The molecule has 1 amide bonds. The first-order valence-corrected chi connectivity index (χ1v) is 6.93. The summed E-state index contributed by atoms with van der Waals surface area (Å²) in [5, 5.41) is 8.36. The number of amides is 1. The Labute approximate surface area is 113 Å². The highest BCUT2D eigenvalue weighted by molar-refractivity contribution is 5.79. The Morgan fingerprint density at radius 3 is 2.42 bits per heavy atom. The minimum atomic E-state index is 0.103. The third kappa shape index (κ3) is 2.07. The Kier molecular flexibility index (Phi) is 2.92. The van der Waals surface area contributed by atoms with Crippen molar-refractivity contribution in [2.45, 2.75) is 38.1 Å². The zero-order valence-corrected chi connectivity index (χ0v) is 11.6. The normalized spacial score (nSPS) is 22.3. The molecule has 3 heterocycles. The lowest BCUT2D eigenvalue weighted by molar-refractivity contribution is -0.130. The maximum Gasteiger partial charge on any atom is 0.222 e. The van der Waals surface area contributed by atoms with Gasteiger partial charge in [0.25, 0.3) is 0 Å². The van der Waals surface area contributed by atoms with Crippen molar-refractivity contribution in [3.63, 3.8) is 0 Å². The second kappa shape index (κ2) is 4.47. The van der Waals surface area contributed by atoms with Crippen LogP contribution in [0, 0.1) is 6.92 Å². The number of hydrogen-bond acceptors (Lipinski definition) is 4. The van der Waals surface area contributed by atoms with Gasteiger partial charge in [0.15, 0.2) is 5.82 Å². The van der Waals surface area contributed by atoms with Gasteiger partial charge in [-0.3, -0.25) is 4.79 Å². The number of piperidine rings is 1. The summed E-state index contributed by atoms with van der Waals surface area (Å²) >= 11 is 0. The molecule has 102 valence electrons. The molecular formula is C14H20N4O. The maximum absolute atomic E-state index is 11.7. The van der Waals surface area contributed by atoms with Crippen LogP contribution in [0.4, 0.5) is 5.82 Å². The average Bonchev–Trinajstić information content (AvgIpc) is 2.70. The Morgan fingerprint density at radius 1 is 1.16 bits per heavy atom. The summed E-state index contributed by atoms with van der Waals surface area (Å²) in [4.78, 5) is 16.0. The molecule has 0 radical (unpaired) electrons. The van der Waals surface area contributed by atoms with E-state index in [0.29, 0.717) is 12.3 Å². The van der Waals surface area contributed by atoms with E-state index < -0.39 is 0 Å². The quantitative estimate of drug-likeness (QED) is 0.765. The van der Waals surface area contributed by atoms with Gasteiger partial charge in [0.05, 0.1) is 5.69 Å². The summed E-state index contributed by atoms with van der Waals surface area (Å²) in [6.07, 6.45) is 3.78. The Balaban J connectivity index is 1.70. The molecule has 0 aliphatic carbocycles. The molecule has 1 aromatic rings. The van der Waals surface area contributed by atoms with Gasteiger partial charge < -0.3 is 9.80 Å². The van der Waals surface area contributed by atoms with Crippen LogP contribution in [-0.4, -0.2) is 46.7 Å². The molecule has 2 saturated heterocycles. The van der Waals surface area contributed by atoms with Gasteiger partial charge in [-0.1, -0.05) is 0 Å². The monoisotopic (exact) mass is 260 g/mol. The van der Waals surface area contributed by atoms with Crippen molar-refractivity contribution >= 4 is 11.7 Å². The number of anilines is 1. The van der Waals surface area contributed by atoms with E-state index in [-0.39, 0.29) is 5.54 Å². The molecule has 0 saturated carbocycles. The molecule has 2 fully saturated rings. The molecule has 0 atom stereocenters. The van der Waals surface area contributed by atoms with Gasteiger partial charge in [0.2, 0.25) is 5.91 Å². The van der Waals surface area contributed by atoms with E-state index in [2.05, 4.69) is 15.1 Å². The fourth-order valence-electron chi connectivity index (χ4n) is 3.24. The number of carbonyl (C=O) groups is 1. The molecule has 0 bridgehead atoms. The molecule has 0 N–H and O–H groups in total. The van der Waals surface area contributed by atoms with Crippen molar-refractivity contribution in [1.29, 1.82) is 0 Å². The molecule has 5 nitrogen and oxygen atoms in total. The molecule has 2 aliphatic heterocycles. The standard InChI is InChI=1S/C14H20N4O/c1-11-3-4-12(16-15-11)18-9-7-14(8-10-18)6-5-13(19)17(14)2/h3-4H,5-10H2,1-2H3. The van der Waals surface area contributed by atoms with Crippen LogP contribution in [0.2, 0.25) is 0 Å². The zero-order chi connectivity index (χ0) is 13.5. The van der Waals surface area contributed by atoms with Crippen molar-refractivity contribution < 1.29 is 4.79 Å². The molecular weight excluding hydrogens is 240 g/mol. The highest BCUT2D eigenvalue weighted by Gasteiger charge is 2.44. The predicted octanol–water partition coefficient (Wildman–Crippen LogP) is 1.38. The minimum absolute atomic E-state index is 0.103. The van der Waals surface area contributed by atoms with Gasteiger partial charge in [-0.15, -0.1) is 5.10 Å². The third-order valence-corrected chi connectivity index (χ3v) is 4.69. The summed E-state index contributed by atoms with van der Waals surface area (Å²) in [7, 11) is 1.96. The molecule has 5 heteroatoms. The molecule has 0 unspecified atom stereocenters. The van der Waals surface area contributed by atoms with Gasteiger partial charge in [-0.25, -0.2) is 0 Å². The number of rotatable bonds is 1.